The number of nitrogens with zero attached hydrogens (tertiary/aromatic N) is 2. The van der Waals surface area contributed by atoms with Gasteiger partial charge in [-0.2, -0.15) is 9.82 Å². The Morgan fingerprint density at radius 3 is 2.55 bits per heavy atom. The lowest BCUT2D eigenvalue weighted by Crippen LogP contribution is -2.48. The molecular weight excluding hydrogens is 557 g/mol. The molecule has 1 aliphatic heterocycles. The van der Waals surface area contributed by atoms with Crippen molar-refractivity contribution in [2.45, 2.75) is 30.2 Å². The Balaban J connectivity index is 1.36. The summed E-state index contributed by atoms with van der Waals surface area (Å²) < 4.78 is 29.4. The monoisotopic (exact) mass is 583 g/mol. The van der Waals surface area contributed by atoms with Crippen molar-refractivity contribution in [3.05, 3.63) is 58.2 Å². The highest BCUT2D eigenvalue weighted by atomic mass is 35.5. The maximum atomic E-state index is 12.7. The third-order valence-electron chi connectivity index (χ3n) is 5.87. The van der Waals surface area contributed by atoms with Crippen molar-refractivity contribution in [3.8, 4) is 0 Å². The average Bonchev–Trinajstić information content (AvgIpc) is 3.53. The summed E-state index contributed by atoms with van der Waals surface area (Å²) in [5, 5.41) is 26.7. The van der Waals surface area contributed by atoms with Crippen LogP contribution < -0.4 is 26.0 Å². The first-order chi connectivity index (χ1) is 18.2. The Hall–Kier alpha value is -2.78. The number of aryl methyl sites for hydroxylation is 1. The van der Waals surface area contributed by atoms with Gasteiger partial charge in [0.1, 0.15) is 17.2 Å². The average molecular weight is 584 g/mol. The Kier molecular flexibility index (Phi) is 9.20. The number of sulfonamides is 1. The van der Waals surface area contributed by atoms with Crippen molar-refractivity contribution in [1.82, 2.24) is 35.8 Å². The van der Waals surface area contributed by atoms with E-state index in [4.69, 9.17) is 23.2 Å². The van der Waals surface area contributed by atoms with E-state index in [1.54, 1.807) is 24.4 Å². The molecule has 4 rings (SSSR count). The third kappa shape index (κ3) is 6.80. The van der Waals surface area contributed by atoms with Gasteiger partial charge in [0, 0.05) is 37.1 Å². The quantitative estimate of drug-likeness (QED) is 0.170. The fraction of sp³-hybridized carbons (Fsp3) is 0.348. The van der Waals surface area contributed by atoms with E-state index in [1.165, 1.54) is 18.2 Å². The number of carbonyl (C=O) groups is 2. The number of carboxylic acids is 1. The van der Waals surface area contributed by atoms with Crippen molar-refractivity contribution < 1.29 is 23.1 Å². The summed E-state index contributed by atoms with van der Waals surface area (Å²) in [5.41, 5.74) is 1.13. The molecule has 1 fully saturated rings. The first-order valence-corrected chi connectivity index (χ1v) is 14.0. The van der Waals surface area contributed by atoms with E-state index in [1.807, 2.05) is 9.40 Å². The smallest absolute Gasteiger partial charge is 0.323 e. The predicted molar refractivity (Wildman–Crippen MR) is 143 cm³/mol. The summed E-state index contributed by atoms with van der Waals surface area (Å²) in [6.07, 6.45) is 2.63. The molecule has 38 heavy (non-hydrogen) atoms. The molecule has 0 radical (unpaired) electrons. The molecule has 6 N–H and O–H groups in total. The fourth-order valence-electron chi connectivity index (χ4n) is 3.99. The second kappa shape index (κ2) is 12.4. The highest BCUT2D eigenvalue weighted by Gasteiger charge is 2.29. The molecule has 2 heterocycles. The molecule has 1 aliphatic rings. The van der Waals surface area contributed by atoms with Gasteiger partial charge in [-0.25, -0.2) is 8.42 Å². The molecule has 15 heteroatoms. The van der Waals surface area contributed by atoms with Gasteiger partial charge in [0.15, 0.2) is 0 Å². The van der Waals surface area contributed by atoms with E-state index >= 15 is 0 Å². The first-order valence-electron chi connectivity index (χ1n) is 11.8. The number of halogens is 2. The Morgan fingerprint density at radius 2 is 1.87 bits per heavy atom. The van der Waals surface area contributed by atoms with E-state index in [0.717, 1.165) is 37.0 Å². The van der Waals surface area contributed by atoms with E-state index < -0.39 is 39.4 Å². The van der Waals surface area contributed by atoms with Crippen molar-refractivity contribution in [2.24, 2.45) is 0 Å². The summed E-state index contributed by atoms with van der Waals surface area (Å²) in [4.78, 5) is 24.0. The molecule has 3 aromatic rings. The zero-order valence-corrected chi connectivity index (χ0v) is 22.4. The topological polar surface area (TPSA) is 166 Å². The van der Waals surface area contributed by atoms with Crippen LogP contribution in [0, 0.1) is 0 Å². The highest BCUT2D eigenvalue weighted by Crippen LogP contribution is 2.29. The molecule has 0 spiro atoms. The number of rotatable bonds is 12. The van der Waals surface area contributed by atoms with Crippen LogP contribution in [-0.4, -0.2) is 73.7 Å². The molecule has 12 nitrogen and oxygen atoms in total. The van der Waals surface area contributed by atoms with Crippen LogP contribution in [0.25, 0.3) is 10.9 Å². The summed E-state index contributed by atoms with van der Waals surface area (Å²) in [7, 11) is -4.39. The number of fused-ring (bicyclic) bond motifs is 1. The number of amides is 1. The van der Waals surface area contributed by atoms with Crippen molar-refractivity contribution in [2.75, 3.05) is 26.2 Å². The minimum atomic E-state index is -4.39. The van der Waals surface area contributed by atoms with Gasteiger partial charge in [-0.3, -0.25) is 30.2 Å². The molecule has 1 atom stereocenters. The van der Waals surface area contributed by atoms with Gasteiger partial charge in [0.05, 0.1) is 21.8 Å². The van der Waals surface area contributed by atoms with Gasteiger partial charge in [0.2, 0.25) is 10.0 Å². The maximum Gasteiger partial charge on any atom is 0.323 e. The van der Waals surface area contributed by atoms with Gasteiger partial charge in [-0.15, -0.1) is 0 Å². The van der Waals surface area contributed by atoms with Gasteiger partial charge in [-0.05, 0) is 43.3 Å². The molecule has 2 aromatic carbocycles. The number of nitrogens with one attached hydrogen (secondary N) is 5. The molecule has 1 amide bonds. The Morgan fingerprint density at radius 1 is 1.16 bits per heavy atom. The SMILES string of the molecule is O=C(NCC(NS(=O)(=O)c1c(Cl)cccc1Cl)C(=O)O)c1ccc2c(cnn2CCCNC2NCCN2)c1. The van der Waals surface area contributed by atoms with Crippen LogP contribution in [0.5, 0.6) is 0 Å². The highest BCUT2D eigenvalue weighted by molar-refractivity contribution is 7.89. The van der Waals surface area contributed by atoms with Crippen LogP contribution in [0.1, 0.15) is 16.8 Å². The van der Waals surface area contributed by atoms with Gasteiger partial charge >= 0.3 is 5.97 Å². The lowest BCUT2D eigenvalue weighted by atomic mass is 10.1. The maximum absolute atomic E-state index is 12.7. The van der Waals surface area contributed by atoms with Gasteiger partial charge in [-0.1, -0.05) is 29.3 Å². The van der Waals surface area contributed by atoms with Crippen molar-refractivity contribution in [3.63, 3.8) is 0 Å². The Bertz CT molecular complexity index is 1410. The number of hydrogen-bond donors (Lipinski definition) is 6. The lowest BCUT2D eigenvalue weighted by Gasteiger charge is -2.17. The first kappa shape index (κ1) is 28.2. The van der Waals surface area contributed by atoms with Crippen LogP contribution in [0.4, 0.5) is 0 Å². The minimum absolute atomic E-state index is 0.121. The number of carboxylic acid groups (broad SMARTS) is 1. The van der Waals surface area contributed by atoms with Crippen LogP contribution in [-0.2, 0) is 21.4 Å². The third-order valence-corrected chi connectivity index (χ3v) is 8.30. The zero-order valence-electron chi connectivity index (χ0n) is 20.1. The fourth-order valence-corrected chi connectivity index (χ4v) is 6.33. The number of hydrogen-bond acceptors (Lipinski definition) is 8. The molecule has 0 aliphatic carbocycles. The molecule has 1 unspecified atom stereocenters. The van der Waals surface area contributed by atoms with E-state index in [0.29, 0.717) is 6.54 Å². The van der Waals surface area contributed by atoms with Crippen molar-refractivity contribution >= 4 is 56.0 Å². The normalized spacial score (nSPS) is 15.1. The van der Waals surface area contributed by atoms with Crippen LogP contribution in [0.2, 0.25) is 10.0 Å². The molecule has 204 valence electrons. The minimum Gasteiger partial charge on any atom is -0.480 e. The largest absolute Gasteiger partial charge is 0.480 e. The molecule has 1 saturated heterocycles. The van der Waals surface area contributed by atoms with Crippen LogP contribution in [0.3, 0.4) is 0 Å². The van der Waals surface area contributed by atoms with Gasteiger partial charge in [0.25, 0.3) is 5.91 Å². The van der Waals surface area contributed by atoms with Crippen LogP contribution in [0.15, 0.2) is 47.5 Å². The summed E-state index contributed by atoms with van der Waals surface area (Å²) in [6.45, 7) is 2.83. The van der Waals surface area contributed by atoms with E-state index in [9.17, 15) is 23.1 Å². The number of aromatic nitrogens is 2. The van der Waals surface area contributed by atoms with Crippen LogP contribution >= 0.6 is 23.2 Å². The van der Waals surface area contributed by atoms with Gasteiger partial charge < -0.3 is 10.4 Å². The second-order valence-electron chi connectivity index (χ2n) is 8.56. The standard InChI is InChI=1S/C23H27Cl2N7O5S/c24-16-3-1-4-17(25)20(16)38(36,37)31-18(22(34)35)13-29-21(33)14-5-6-19-15(11-14)12-30-32(19)10-2-7-26-23-27-8-9-28-23/h1,3-6,11-12,18,23,26-28,31H,2,7-10,13H2,(H,29,33)(H,34,35). The summed E-state index contributed by atoms with van der Waals surface area (Å²) >= 11 is 11.9. The number of carbonyl (C=O) groups excluding carboxylic acids is 1. The summed E-state index contributed by atoms with van der Waals surface area (Å²) in [5.74, 6) is -2.05. The predicted octanol–water partition coefficient (Wildman–Crippen LogP) is 0.961. The molecule has 0 saturated carbocycles. The van der Waals surface area contributed by atoms with E-state index in [-0.39, 0.29) is 21.9 Å². The number of benzene rings is 2. The van der Waals surface area contributed by atoms with E-state index in [2.05, 4.69) is 26.4 Å². The second-order valence-corrected chi connectivity index (χ2v) is 11.0. The zero-order chi connectivity index (χ0) is 27.3. The Labute approximate surface area is 229 Å². The molecular formula is C23H27Cl2N7O5S. The van der Waals surface area contributed by atoms with Crippen molar-refractivity contribution in [1.29, 1.82) is 0 Å². The number of aliphatic carboxylic acids is 1. The molecule has 0 bridgehead atoms. The lowest BCUT2D eigenvalue weighted by molar-refractivity contribution is -0.138. The summed E-state index contributed by atoms with van der Waals surface area (Å²) in [6, 6.07) is 7.45. The molecule has 1 aromatic heterocycles.